The molecule has 0 fully saturated rings. The molecule has 0 aromatic heterocycles. The highest BCUT2D eigenvalue weighted by Crippen LogP contribution is 2.24. The summed E-state index contributed by atoms with van der Waals surface area (Å²) in [6, 6.07) is 12.0. The molecule has 0 unspecified atom stereocenters. The lowest BCUT2D eigenvalue weighted by molar-refractivity contribution is -0.118. The van der Waals surface area contributed by atoms with E-state index in [0.717, 1.165) is 37.0 Å². The van der Waals surface area contributed by atoms with Gasteiger partial charge in [0.25, 0.3) is 0 Å². The van der Waals surface area contributed by atoms with Crippen molar-refractivity contribution >= 4 is 29.3 Å². The van der Waals surface area contributed by atoms with Crippen LogP contribution in [0.5, 0.6) is 5.75 Å². The summed E-state index contributed by atoms with van der Waals surface area (Å²) >= 11 is 5.93. The van der Waals surface area contributed by atoms with E-state index >= 15 is 0 Å². The van der Waals surface area contributed by atoms with Crippen molar-refractivity contribution in [1.82, 2.24) is 0 Å². The fourth-order valence-corrected chi connectivity index (χ4v) is 3.11. The van der Waals surface area contributed by atoms with Crippen molar-refractivity contribution in [2.75, 3.05) is 18.6 Å². The predicted molar refractivity (Wildman–Crippen MR) is 115 cm³/mol. The number of benzene rings is 2. The molecule has 2 aromatic rings. The molecule has 3 nitrogen and oxygen atoms in total. The van der Waals surface area contributed by atoms with Gasteiger partial charge in [-0.1, -0.05) is 68.1 Å². The first-order valence-electron chi connectivity index (χ1n) is 9.61. The molecular weight excluding hydrogens is 377 g/mol. The Morgan fingerprint density at radius 1 is 1.18 bits per heavy atom. The largest absolute Gasteiger partial charge is 0.496 e. The Morgan fingerprint density at radius 3 is 2.68 bits per heavy atom. The molecule has 5 heteroatoms. The molecular formula is C23H27ClFNO2. The molecule has 0 aliphatic heterocycles. The zero-order chi connectivity index (χ0) is 20.4. The summed E-state index contributed by atoms with van der Waals surface area (Å²) in [6.07, 6.45) is 8.37. The molecule has 2 aromatic carbocycles. The summed E-state index contributed by atoms with van der Waals surface area (Å²) in [5, 5.41) is 0.00925. The molecule has 0 heterocycles. The number of rotatable bonds is 10. The summed E-state index contributed by atoms with van der Waals surface area (Å²) in [4.78, 5) is 14.4. The maximum absolute atomic E-state index is 13.5. The Labute approximate surface area is 171 Å². The average Bonchev–Trinajstić information content (AvgIpc) is 2.71. The van der Waals surface area contributed by atoms with Gasteiger partial charge in [0.1, 0.15) is 11.6 Å². The van der Waals surface area contributed by atoms with E-state index in [-0.39, 0.29) is 10.9 Å². The zero-order valence-electron chi connectivity index (χ0n) is 16.5. The van der Waals surface area contributed by atoms with Crippen molar-refractivity contribution in [2.45, 2.75) is 39.0 Å². The Bertz CT molecular complexity index is 807. The van der Waals surface area contributed by atoms with Crippen LogP contribution in [0.15, 0.2) is 48.5 Å². The quantitative estimate of drug-likeness (QED) is 0.423. The number of amides is 1. The van der Waals surface area contributed by atoms with E-state index in [1.165, 1.54) is 12.1 Å². The van der Waals surface area contributed by atoms with Crippen molar-refractivity contribution in [2.24, 2.45) is 0 Å². The first-order valence-corrected chi connectivity index (χ1v) is 9.99. The van der Waals surface area contributed by atoms with Crippen molar-refractivity contribution in [3.05, 3.63) is 64.9 Å². The lowest BCUT2D eigenvalue weighted by atomic mass is 10.1. The minimum atomic E-state index is -0.495. The van der Waals surface area contributed by atoms with Gasteiger partial charge in [0.2, 0.25) is 5.91 Å². The van der Waals surface area contributed by atoms with Crippen LogP contribution in [0, 0.1) is 5.82 Å². The smallest absolute Gasteiger partial charge is 0.227 e. The minimum absolute atomic E-state index is 0.00320. The maximum atomic E-state index is 13.5. The number of hydrogen-bond acceptors (Lipinski definition) is 2. The SMILES string of the molecule is CCCCCCC(=O)N(C/C=C/c1ccccc1OC)c1ccc(F)c(Cl)c1. The number of methoxy groups -OCH3 is 1. The normalized spacial score (nSPS) is 11.0. The first-order chi connectivity index (χ1) is 13.6. The monoisotopic (exact) mass is 403 g/mol. The molecule has 0 saturated heterocycles. The third kappa shape index (κ3) is 6.38. The third-order valence-corrected chi connectivity index (χ3v) is 4.77. The van der Waals surface area contributed by atoms with Gasteiger partial charge < -0.3 is 9.64 Å². The van der Waals surface area contributed by atoms with Crippen molar-refractivity contribution in [1.29, 1.82) is 0 Å². The van der Waals surface area contributed by atoms with Crippen LogP contribution in [0.25, 0.3) is 6.08 Å². The van der Waals surface area contributed by atoms with Crippen molar-refractivity contribution in [3.63, 3.8) is 0 Å². The summed E-state index contributed by atoms with van der Waals surface area (Å²) < 4.78 is 18.9. The fraction of sp³-hybridized carbons (Fsp3) is 0.348. The Morgan fingerprint density at radius 2 is 1.96 bits per heavy atom. The Hall–Kier alpha value is -2.33. The highest BCUT2D eigenvalue weighted by atomic mass is 35.5. The van der Waals surface area contributed by atoms with Gasteiger partial charge in [-0.05, 0) is 30.7 Å². The van der Waals surface area contributed by atoms with E-state index in [4.69, 9.17) is 16.3 Å². The van der Waals surface area contributed by atoms with E-state index in [0.29, 0.717) is 18.7 Å². The van der Waals surface area contributed by atoms with E-state index in [1.54, 1.807) is 18.1 Å². The number of para-hydroxylation sites is 1. The standard InChI is InChI=1S/C23H27ClFNO2/c1-3-4-5-6-13-23(27)26(19-14-15-21(25)20(24)17-19)16-9-11-18-10-7-8-12-22(18)28-2/h7-12,14-15,17H,3-6,13,16H2,1-2H3/b11-9+. The number of anilines is 1. The predicted octanol–water partition coefficient (Wildman–Crippen LogP) is 6.50. The van der Waals surface area contributed by atoms with Crippen LogP contribution >= 0.6 is 11.6 Å². The highest BCUT2D eigenvalue weighted by molar-refractivity contribution is 6.31. The maximum Gasteiger partial charge on any atom is 0.227 e. The molecule has 0 saturated carbocycles. The number of ether oxygens (including phenoxy) is 1. The second-order valence-electron chi connectivity index (χ2n) is 6.56. The molecule has 1 amide bonds. The number of carbonyl (C=O) groups excluding carboxylic acids is 1. The topological polar surface area (TPSA) is 29.5 Å². The Balaban J connectivity index is 2.16. The van der Waals surface area contributed by atoms with Crippen LogP contribution in [0.2, 0.25) is 5.02 Å². The summed E-state index contributed by atoms with van der Waals surface area (Å²) in [6.45, 7) is 2.50. The number of carbonyl (C=O) groups is 1. The number of halogens is 2. The van der Waals surface area contributed by atoms with E-state index in [1.807, 2.05) is 36.4 Å². The van der Waals surface area contributed by atoms with Gasteiger partial charge in [0.05, 0.1) is 12.1 Å². The average molecular weight is 404 g/mol. The van der Waals surface area contributed by atoms with E-state index < -0.39 is 5.82 Å². The van der Waals surface area contributed by atoms with Crippen LogP contribution in [-0.4, -0.2) is 19.6 Å². The van der Waals surface area contributed by atoms with Crippen molar-refractivity contribution in [3.8, 4) is 5.75 Å². The minimum Gasteiger partial charge on any atom is -0.496 e. The molecule has 0 radical (unpaired) electrons. The van der Waals surface area contributed by atoms with Crippen molar-refractivity contribution < 1.29 is 13.9 Å². The first kappa shape index (κ1) is 22.0. The molecule has 0 aliphatic rings. The van der Waals surface area contributed by atoms with Gasteiger partial charge in [0, 0.05) is 24.2 Å². The molecule has 0 N–H and O–H groups in total. The number of nitrogens with zero attached hydrogens (tertiary/aromatic N) is 1. The molecule has 150 valence electrons. The Kier molecular flexibility index (Phi) is 9.02. The molecule has 0 spiro atoms. The fourth-order valence-electron chi connectivity index (χ4n) is 2.93. The van der Waals surface area contributed by atoms with Gasteiger partial charge in [0.15, 0.2) is 0 Å². The molecule has 0 atom stereocenters. The van der Waals surface area contributed by atoms with E-state index in [2.05, 4.69) is 6.92 Å². The van der Waals surface area contributed by atoms with Gasteiger partial charge in [-0.15, -0.1) is 0 Å². The third-order valence-electron chi connectivity index (χ3n) is 4.48. The lowest BCUT2D eigenvalue weighted by Gasteiger charge is -2.22. The molecule has 2 rings (SSSR count). The second kappa shape index (κ2) is 11.5. The summed E-state index contributed by atoms with van der Waals surface area (Å²) in [5.41, 5.74) is 1.52. The van der Waals surface area contributed by atoms with Crippen LogP contribution in [-0.2, 0) is 4.79 Å². The summed E-state index contributed by atoms with van der Waals surface area (Å²) in [7, 11) is 1.62. The van der Waals surface area contributed by atoms with Gasteiger partial charge in [-0.25, -0.2) is 4.39 Å². The number of hydrogen-bond donors (Lipinski definition) is 0. The van der Waals surface area contributed by atoms with Crippen LogP contribution < -0.4 is 9.64 Å². The second-order valence-corrected chi connectivity index (χ2v) is 6.96. The molecule has 0 aliphatic carbocycles. The highest BCUT2D eigenvalue weighted by Gasteiger charge is 2.15. The van der Waals surface area contributed by atoms with Crippen LogP contribution in [0.4, 0.5) is 10.1 Å². The number of unbranched alkanes of at least 4 members (excludes halogenated alkanes) is 3. The van der Waals surface area contributed by atoms with Gasteiger partial charge in [-0.3, -0.25) is 4.79 Å². The van der Waals surface area contributed by atoms with E-state index in [9.17, 15) is 9.18 Å². The molecule has 28 heavy (non-hydrogen) atoms. The summed E-state index contributed by atoms with van der Waals surface area (Å²) in [5.74, 6) is 0.273. The van der Waals surface area contributed by atoms with Crippen LogP contribution in [0.3, 0.4) is 0 Å². The molecule has 0 bridgehead atoms. The van der Waals surface area contributed by atoms with Crippen LogP contribution in [0.1, 0.15) is 44.6 Å². The zero-order valence-corrected chi connectivity index (χ0v) is 17.2. The lowest BCUT2D eigenvalue weighted by Crippen LogP contribution is -2.30. The van der Waals surface area contributed by atoms with Gasteiger partial charge >= 0.3 is 0 Å². The van der Waals surface area contributed by atoms with Gasteiger partial charge in [-0.2, -0.15) is 0 Å².